The number of benzene rings is 2. The van der Waals surface area contributed by atoms with Crippen LogP contribution in [-0.4, -0.2) is 83.9 Å². The van der Waals surface area contributed by atoms with Crippen molar-refractivity contribution < 1.29 is 37.8 Å². The summed E-state index contributed by atoms with van der Waals surface area (Å²) in [5, 5.41) is 2.73. The highest BCUT2D eigenvalue weighted by Gasteiger charge is 2.51. The van der Waals surface area contributed by atoms with Gasteiger partial charge in [0, 0.05) is 6.54 Å². The topological polar surface area (TPSA) is 120 Å². The Kier molecular flexibility index (Phi) is 13.3. The summed E-state index contributed by atoms with van der Waals surface area (Å²) in [7, 11) is -0.365. The maximum absolute atomic E-state index is 11.8. The minimum Gasteiger partial charge on any atom is -0.492 e. The van der Waals surface area contributed by atoms with Gasteiger partial charge < -0.3 is 44.0 Å². The van der Waals surface area contributed by atoms with E-state index in [1.807, 2.05) is 42.5 Å². The van der Waals surface area contributed by atoms with Crippen molar-refractivity contribution in [3.8, 4) is 5.75 Å². The lowest BCUT2D eigenvalue weighted by Gasteiger charge is -2.32. The minimum atomic E-state index is -0.365. The monoisotopic (exact) mass is 570 g/mol. The Morgan fingerprint density at radius 1 is 0.805 bits per heavy atom. The molecule has 0 aromatic heterocycles. The van der Waals surface area contributed by atoms with Crippen molar-refractivity contribution in [2.45, 2.75) is 38.9 Å². The average Bonchev–Trinajstić information content (AvgIpc) is 3.18. The van der Waals surface area contributed by atoms with Gasteiger partial charge in [0.1, 0.15) is 32.5 Å². The number of carbonyl (C=O) groups excluding carboxylic acids is 1. The molecule has 0 saturated carbocycles. The van der Waals surface area contributed by atoms with Crippen molar-refractivity contribution in [1.82, 2.24) is 5.32 Å². The highest BCUT2D eigenvalue weighted by atomic mass is 16.7. The van der Waals surface area contributed by atoms with Gasteiger partial charge in [0.2, 0.25) is 5.91 Å². The Labute approximate surface area is 243 Å². The van der Waals surface area contributed by atoms with Crippen LogP contribution < -0.4 is 21.3 Å². The molecule has 3 N–H and O–H groups in total. The molecule has 2 aromatic rings. The Bertz CT molecular complexity index is 1060. The minimum absolute atomic E-state index is 0.0406. The molecule has 0 bridgehead atoms. The fourth-order valence-electron chi connectivity index (χ4n) is 3.67. The summed E-state index contributed by atoms with van der Waals surface area (Å²) in [5.41, 5.74) is 7.72. The Hall–Kier alpha value is -2.77. The van der Waals surface area contributed by atoms with Gasteiger partial charge in [0.25, 0.3) is 0 Å². The first-order valence-electron chi connectivity index (χ1n) is 13.8. The second-order valence-corrected chi connectivity index (χ2v) is 10.5. The van der Waals surface area contributed by atoms with Gasteiger partial charge in [0.15, 0.2) is 0 Å². The lowest BCUT2D eigenvalue weighted by Crippen LogP contribution is -2.41. The molecule has 1 saturated heterocycles. The largest absolute Gasteiger partial charge is 0.494 e. The van der Waals surface area contributed by atoms with Crippen LogP contribution >= 0.6 is 0 Å². The molecule has 11 heteroatoms. The zero-order chi connectivity index (χ0) is 29.6. The van der Waals surface area contributed by atoms with Crippen LogP contribution in [0.4, 0.5) is 0 Å². The molecule has 0 unspecified atom stereocenters. The first kappa shape index (κ1) is 32.7. The molecule has 1 amide bonds. The number of nitrogens with one attached hydrogen (secondary N) is 1. The fraction of sp³-hybridized carbons (Fsp3) is 0.500. The van der Waals surface area contributed by atoms with E-state index in [2.05, 4.69) is 51.2 Å². The van der Waals surface area contributed by atoms with Crippen molar-refractivity contribution >= 4 is 30.6 Å². The Balaban J connectivity index is 1.27. The van der Waals surface area contributed by atoms with E-state index in [0.717, 1.165) is 22.3 Å². The van der Waals surface area contributed by atoms with Crippen LogP contribution in [-0.2, 0) is 33.1 Å². The Morgan fingerprint density at radius 2 is 1.39 bits per heavy atom. The summed E-state index contributed by atoms with van der Waals surface area (Å²) in [6.45, 7) is 10.7. The van der Waals surface area contributed by atoms with Crippen LogP contribution in [0.2, 0.25) is 0 Å². The van der Waals surface area contributed by atoms with E-state index in [0.29, 0.717) is 39.5 Å². The zero-order valence-electron chi connectivity index (χ0n) is 24.6. The number of hydrogen-bond donors (Lipinski definition) is 2. The van der Waals surface area contributed by atoms with Gasteiger partial charge >= 0.3 is 7.12 Å². The molecule has 1 fully saturated rings. The van der Waals surface area contributed by atoms with Crippen molar-refractivity contribution in [2.75, 3.05) is 59.7 Å². The molecule has 1 aliphatic heterocycles. The Morgan fingerprint density at radius 3 is 2.02 bits per heavy atom. The molecule has 2 aromatic carbocycles. The number of amides is 1. The van der Waals surface area contributed by atoms with Crippen LogP contribution in [0.15, 0.2) is 48.5 Å². The maximum atomic E-state index is 11.8. The van der Waals surface area contributed by atoms with Gasteiger partial charge in [-0.15, -0.1) is 0 Å². The normalized spacial score (nSPS) is 15.9. The van der Waals surface area contributed by atoms with Gasteiger partial charge in [-0.1, -0.05) is 48.6 Å². The summed E-state index contributed by atoms with van der Waals surface area (Å²) in [6.07, 6.45) is 4.10. The number of ether oxygens (including phenoxy) is 5. The molecule has 1 heterocycles. The molecular formula is C30H43BN2O8. The molecule has 1 aliphatic rings. The molecule has 3 rings (SSSR count). The SMILES string of the molecule is CC1(C)OB(c2ccc(/C=C/c3ccc(OCCNC(=O)COCOCOCCOCCN)cc3)cc2)OC1(C)C. The quantitative estimate of drug-likeness (QED) is 0.121. The van der Waals surface area contributed by atoms with Crippen LogP contribution in [0, 0.1) is 0 Å². The van der Waals surface area contributed by atoms with Gasteiger partial charge in [-0.25, -0.2) is 0 Å². The number of nitrogens with two attached hydrogens (primary N) is 1. The summed E-state index contributed by atoms with van der Waals surface area (Å²) in [5.74, 6) is 0.471. The molecule has 0 spiro atoms. The van der Waals surface area contributed by atoms with Crippen LogP contribution in [0.25, 0.3) is 12.2 Å². The van der Waals surface area contributed by atoms with Crippen molar-refractivity contribution in [1.29, 1.82) is 0 Å². The second-order valence-electron chi connectivity index (χ2n) is 10.5. The third kappa shape index (κ3) is 11.2. The first-order valence-corrected chi connectivity index (χ1v) is 13.8. The van der Waals surface area contributed by atoms with Crippen LogP contribution in [0.3, 0.4) is 0 Å². The molecule has 41 heavy (non-hydrogen) atoms. The number of carbonyl (C=O) groups is 1. The number of hydrogen-bond acceptors (Lipinski definition) is 9. The van der Waals surface area contributed by atoms with Crippen molar-refractivity contribution in [2.24, 2.45) is 5.73 Å². The number of rotatable bonds is 18. The lowest BCUT2D eigenvalue weighted by molar-refractivity contribution is -0.149. The van der Waals surface area contributed by atoms with E-state index in [1.165, 1.54) is 0 Å². The maximum Gasteiger partial charge on any atom is 0.494 e. The third-order valence-corrected chi connectivity index (χ3v) is 6.70. The fourth-order valence-corrected chi connectivity index (χ4v) is 3.67. The standard InChI is InChI=1S/C30H43BN2O8/c1-29(2)30(3,4)41-31(40-29)26-11-7-24(8-12-26)5-6-25-9-13-27(14-10-25)39-18-16-33-28(34)21-37-23-38-22-36-20-19-35-17-15-32/h5-14H,15-23,32H2,1-4H3,(H,33,34)/b6-5+. The molecule has 224 valence electrons. The van der Waals surface area contributed by atoms with Gasteiger partial charge in [-0.3, -0.25) is 4.79 Å². The summed E-state index contributed by atoms with van der Waals surface area (Å²) in [6, 6.07) is 15.9. The van der Waals surface area contributed by atoms with Gasteiger partial charge in [0.05, 0.1) is 37.6 Å². The molecule has 0 atom stereocenters. The third-order valence-electron chi connectivity index (χ3n) is 6.70. The van der Waals surface area contributed by atoms with E-state index < -0.39 is 0 Å². The van der Waals surface area contributed by atoms with Crippen molar-refractivity contribution in [3.63, 3.8) is 0 Å². The van der Waals surface area contributed by atoms with E-state index >= 15 is 0 Å². The van der Waals surface area contributed by atoms with Crippen LogP contribution in [0.5, 0.6) is 5.75 Å². The van der Waals surface area contributed by atoms with E-state index in [-0.39, 0.29) is 44.4 Å². The first-order chi connectivity index (χ1) is 19.7. The molecular weight excluding hydrogens is 527 g/mol. The highest BCUT2D eigenvalue weighted by Crippen LogP contribution is 2.36. The van der Waals surface area contributed by atoms with Gasteiger partial charge in [-0.05, 0) is 56.4 Å². The van der Waals surface area contributed by atoms with E-state index in [9.17, 15) is 4.79 Å². The van der Waals surface area contributed by atoms with E-state index in [4.69, 9.17) is 38.7 Å². The summed E-state index contributed by atoms with van der Waals surface area (Å²) >= 11 is 0. The highest BCUT2D eigenvalue weighted by molar-refractivity contribution is 6.62. The van der Waals surface area contributed by atoms with Crippen molar-refractivity contribution in [3.05, 3.63) is 59.7 Å². The zero-order valence-corrected chi connectivity index (χ0v) is 24.6. The second kappa shape index (κ2) is 16.6. The average molecular weight is 570 g/mol. The van der Waals surface area contributed by atoms with Crippen LogP contribution in [0.1, 0.15) is 38.8 Å². The summed E-state index contributed by atoms with van der Waals surface area (Å²) in [4.78, 5) is 11.8. The molecule has 0 radical (unpaired) electrons. The van der Waals surface area contributed by atoms with E-state index in [1.54, 1.807) is 0 Å². The molecule has 10 nitrogen and oxygen atoms in total. The lowest BCUT2D eigenvalue weighted by atomic mass is 9.79. The predicted molar refractivity (Wildman–Crippen MR) is 159 cm³/mol. The smallest absolute Gasteiger partial charge is 0.492 e. The predicted octanol–water partition coefficient (Wildman–Crippen LogP) is 2.59. The van der Waals surface area contributed by atoms with Gasteiger partial charge in [-0.2, -0.15) is 0 Å². The molecule has 0 aliphatic carbocycles. The summed E-state index contributed by atoms with van der Waals surface area (Å²) < 4.78 is 38.6.